The Morgan fingerprint density at radius 3 is 3.18 bits per heavy atom. The van der Waals surface area contributed by atoms with Crippen molar-refractivity contribution >= 4 is 17.0 Å². The first-order valence-corrected chi connectivity index (χ1v) is 4.29. The summed E-state index contributed by atoms with van der Waals surface area (Å²) in [6, 6.07) is 0. The van der Waals surface area contributed by atoms with Crippen LogP contribution in [0.1, 0.15) is 18.9 Å². The summed E-state index contributed by atoms with van der Waals surface area (Å²) < 4.78 is 0. The molecule has 0 aliphatic rings. The van der Waals surface area contributed by atoms with Gasteiger partial charge in [0.05, 0.1) is 0 Å². The molecule has 0 fully saturated rings. The number of hydrogen-bond donors (Lipinski definition) is 0. The van der Waals surface area contributed by atoms with E-state index in [-0.39, 0.29) is 0 Å². The van der Waals surface area contributed by atoms with E-state index in [2.05, 4.69) is 10.1 Å². The van der Waals surface area contributed by atoms with Crippen molar-refractivity contribution in [3.8, 4) is 0 Å². The summed E-state index contributed by atoms with van der Waals surface area (Å²) in [6.07, 6.45) is 1.75. The Morgan fingerprint density at radius 1 is 1.82 bits per heavy atom. The molecule has 0 saturated carbocycles. The maximum absolute atomic E-state index is 4.87. The fourth-order valence-corrected chi connectivity index (χ4v) is 1.18. The predicted molar refractivity (Wildman–Crippen MR) is 46.0 cm³/mol. The van der Waals surface area contributed by atoms with Gasteiger partial charge in [-0.3, -0.25) is 0 Å². The van der Waals surface area contributed by atoms with E-state index in [9.17, 15) is 0 Å². The van der Waals surface area contributed by atoms with E-state index >= 15 is 0 Å². The molecule has 11 heavy (non-hydrogen) atoms. The molecule has 0 radical (unpaired) electrons. The molecule has 0 spiro atoms. The Hall–Kier alpha value is -0.900. The van der Waals surface area contributed by atoms with Crippen molar-refractivity contribution < 1.29 is 4.84 Å². The second-order valence-corrected chi connectivity index (χ2v) is 2.83. The number of hydrogen-bond acceptors (Lipinski definition) is 4. The minimum absolute atomic E-state index is 0.600. The van der Waals surface area contributed by atoms with Gasteiger partial charge in [-0.1, -0.05) is 5.16 Å². The van der Waals surface area contributed by atoms with E-state index in [4.69, 9.17) is 4.84 Å². The molecule has 0 saturated heterocycles. The first kappa shape index (κ1) is 8.20. The van der Waals surface area contributed by atoms with Gasteiger partial charge in [-0.25, -0.2) is 4.98 Å². The summed E-state index contributed by atoms with van der Waals surface area (Å²) in [5.41, 5.74) is 0.835. The van der Waals surface area contributed by atoms with Crippen LogP contribution in [0.5, 0.6) is 0 Å². The monoisotopic (exact) mass is 170 g/mol. The first-order valence-electron chi connectivity index (χ1n) is 3.41. The Balaban J connectivity index is 2.62. The van der Waals surface area contributed by atoms with E-state index in [0.29, 0.717) is 6.61 Å². The number of rotatable bonds is 3. The largest absolute Gasteiger partial charge is 0.396 e. The highest BCUT2D eigenvalue weighted by atomic mass is 32.1. The van der Waals surface area contributed by atoms with Gasteiger partial charge in [0.15, 0.2) is 0 Å². The average molecular weight is 170 g/mol. The molecule has 3 nitrogen and oxygen atoms in total. The lowest BCUT2D eigenvalue weighted by Gasteiger charge is -1.94. The van der Waals surface area contributed by atoms with Gasteiger partial charge in [0.2, 0.25) is 0 Å². The summed E-state index contributed by atoms with van der Waals surface area (Å²) >= 11 is 1.56. The third-order valence-corrected chi connectivity index (χ3v) is 1.95. The Morgan fingerprint density at radius 2 is 2.64 bits per heavy atom. The first-order chi connectivity index (χ1) is 5.34. The van der Waals surface area contributed by atoms with E-state index < -0.39 is 0 Å². The summed E-state index contributed by atoms with van der Waals surface area (Å²) in [5, 5.41) is 6.68. The molecule has 0 aliphatic carbocycles. The van der Waals surface area contributed by atoms with E-state index in [0.717, 1.165) is 10.7 Å². The van der Waals surface area contributed by atoms with Crippen LogP contribution in [-0.2, 0) is 4.84 Å². The Labute approximate surface area is 69.7 Å². The number of thiazole rings is 1. The topological polar surface area (TPSA) is 34.5 Å². The molecule has 0 aromatic carbocycles. The van der Waals surface area contributed by atoms with Gasteiger partial charge in [-0.05, 0) is 13.8 Å². The van der Waals surface area contributed by atoms with Crippen LogP contribution in [0.25, 0.3) is 0 Å². The Bertz CT molecular complexity index is 231. The molecule has 0 atom stereocenters. The van der Waals surface area contributed by atoms with Gasteiger partial charge < -0.3 is 4.84 Å². The van der Waals surface area contributed by atoms with Crippen molar-refractivity contribution in [2.75, 3.05) is 6.61 Å². The van der Waals surface area contributed by atoms with Crippen LogP contribution >= 0.6 is 11.3 Å². The maximum Gasteiger partial charge on any atom is 0.140 e. The molecule has 0 unspecified atom stereocenters. The van der Waals surface area contributed by atoms with Gasteiger partial charge in [0.1, 0.15) is 17.3 Å². The van der Waals surface area contributed by atoms with Crippen LogP contribution in [0.3, 0.4) is 0 Å². The van der Waals surface area contributed by atoms with Crippen molar-refractivity contribution in [3.63, 3.8) is 0 Å². The van der Waals surface area contributed by atoms with Gasteiger partial charge in [0, 0.05) is 11.6 Å². The van der Waals surface area contributed by atoms with Gasteiger partial charge in [-0.2, -0.15) is 0 Å². The lowest BCUT2D eigenvalue weighted by atomic mass is 10.5. The molecule has 1 rings (SSSR count). The molecule has 0 amide bonds. The summed E-state index contributed by atoms with van der Waals surface area (Å²) in [5.74, 6) is 0. The third-order valence-electron chi connectivity index (χ3n) is 1.07. The predicted octanol–water partition coefficient (Wildman–Crippen LogP) is 1.90. The zero-order valence-corrected chi connectivity index (χ0v) is 7.39. The quantitative estimate of drug-likeness (QED) is 0.513. The minimum atomic E-state index is 0.600. The van der Waals surface area contributed by atoms with Crippen LogP contribution < -0.4 is 0 Å². The lowest BCUT2D eigenvalue weighted by molar-refractivity contribution is 0.159. The third kappa shape index (κ3) is 2.31. The lowest BCUT2D eigenvalue weighted by Crippen LogP contribution is -1.94. The van der Waals surface area contributed by atoms with Crippen LogP contribution in [0, 0.1) is 0 Å². The zero-order chi connectivity index (χ0) is 8.10. The number of oxime groups is 1. The highest BCUT2D eigenvalue weighted by molar-refractivity contribution is 7.11. The molecule has 1 aromatic heterocycles. The van der Waals surface area contributed by atoms with Crippen LogP contribution in [0.2, 0.25) is 0 Å². The smallest absolute Gasteiger partial charge is 0.140 e. The zero-order valence-electron chi connectivity index (χ0n) is 6.57. The molecule has 0 aliphatic heterocycles. The van der Waals surface area contributed by atoms with Gasteiger partial charge >= 0.3 is 0 Å². The highest BCUT2D eigenvalue weighted by Gasteiger charge is 1.98. The maximum atomic E-state index is 4.87. The Kier molecular flexibility index (Phi) is 3.04. The number of aromatic nitrogens is 1. The van der Waals surface area contributed by atoms with Gasteiger partial charge in [-0.15, -0.1) is 11.3 Å². The van der Waals surface area contributed by atoms with Gasteiger partial charge in [0.25, 0.3) is 0 Å². The molecule has 0 bridgehead atoms. The van der Waals surface area contributed by atoms with Crippen molar-refractivity contribution in [2.24, 2.45) is 5.16 Å². The fourth-order valence-electron chi connectivity index (χ4n) is 0.603. The fraction of sp³-hybridized carbons (Fsp3) is 0.429. The van der Waals surface area contributed by atoms with Crippen molar-refractivity contribution in [2.45, 2.75) is 13.8 Å². The summed E-state index contributed by atoms with van der Waals surface area (Å²) in [4.78, 5) is 8.95. The van der Waals surface area contributed by atoms with Crippen molar-refractivity contribution in [1.82, 2.24) is 4.98 Å². The van der Waals surface area contributed by atoms with Crippen LogP contribution in [0.4, 0.5) is 0 Å². The molecular formula is C7H10N2OS. The molecule has 0 N–H and O–H groups in total. The molecule has 1 heterocycles. The average Bonchev–Trinajstić information content (AvgIpc) is 2.52. The summed E-state index contributed by atoms with van der Waals surface area (Å²) in [7, 11) is 0. The molecule has 60 valence electrons. The summed E-state index contributed by atoms with van der Waals surface area (Å²) in [6.45, 7) is 4.38. The van der Waals surface area contributed by atoms with E-state index in [1.807, 2.05) is 19.2 Å². The van der Waals surface area contributed by atoms with E-state index in [1.54, 1.807) is 17.5 Å². The second kappa shape index (κ2) is 4.08. The molecule has 1 aromatic rings. The minimum Gasteiger partial charge on any atom is -0.396 e. The van der Waals surface area contributed by atoms with Crippen LogP contribution in [-0.4, -0.2) is 17.3 Å². The van der Waals surface area contributed by atoms with Crippen molar-refractivity contribution in [3.05, 3.63) is 16.6 Å². The molecular weight excluding hydrogens is 160 g/mol. The SMILES string of the molecule is CCO/N=C(/C)c1nccs1. The highest BCUT2D eigenvalue weighted by Crippen LogP contribution is 2.05. The second-order valence-electron chi connectivity index (χ2n) is 1.93. The standard InChI is InChI=1S/C7H10N2OS/c1-3-10-9-6(2)7-8-4-5-11-7/h4-5H,3H2,1-2H3/b9-6-. The number of nitrogens with zero attached hydrogens (tertiary/aromatic N) is 2. The van der Waals surface area contributed by atoms with Crippen molar-refractivity contribution in [1.29, 1.82) is 0 Å². The van der Waals surface area contributed by atoms with Crippen LogP contribution in [0.15, 0.2) is 16.7 Å². The molecule has 4 heteroatoms. The normalized spacial score (nSPS) is 11.6. The van der Waals surface area contributed by atoms with E-state index in [1.165, 1.54) is 0 Å².